The van der Waals surface area contributed by atoms with Crippen molar-refractivity contribution in [1.29, 1.82) is 0 Å². The molecule has 0 bridgehead atoms. The van der Waals surface area contributed by atoms with Gasteiger partial charge in [-0.25, -0.2) is 4.79 Å². The molecule has 1 aromatic carbocycles. The molecule has 2 N–H and O–H groups in total. The summed E-state index contributed by atoms with van der Waals surface area (Å²) in [7, 11) is 1.29. The van der Waals surface area contributed by atoms with Crippen molar-refractivity contribution in [1.82, 2.24) is 0 Å². The minimum absolute atomic E-state index is 0. The molecule has 6 nitrogen and oxygen atoms in total. The molecule has 21 heavy (non-hydrogen) atoms. The first-order valence-electron chi connectivity index (χ1n) is 6.55. The zero-order valence-corrected chi connectivity index (χ0v) is 12.5. The number of aryl methyl sites for hydroxylation is 1. The van der Waals surface area contributed by atoms with E-state index in [4.69, 9.17) is 4.74 Å². The zero-order chi connectivity index (χ0) is 15.0. The van der Waals surface area contributed by atoms with Gasteiger partial charge in [0.15, 0.2) is 0 Å². The molecule has 1 aromatic rings. The standard InChI is InChI=1S/C15H19NO4.H2O/c1-4-8-20-14-10-12(6-7-15(17)19-3)13(16-18)9-11(14)5-2;/h6-7,9-10H,4-5,8H2,1-3H3;1H2/b7-6+;. The second-order valence-electron chi connectivity index (χ2n) is 4.17. The van der Waals surface area contributed by atoms with Crippen molar-refractivity contribution >= 4 is 17.7 Å². The molecular weight excluding hydrogens is 274 g/mol. The van der Waals surface area contributed by atoms with Gasteiger partial charge in [-0.3, -0.25) is 0 Å². The molecule has 0 unspecified atom stereocenters. The first-order chi connectivity index (χ1) is 9.65. The van der Waals surface area contributed by atoms with E-state index in [1.807, 2.05) is 13.8 Å². The number of methoxy groups -OCH3 is 1. The molecule has 0 atom stereocenters. The predicted molar refractivity (Wildman–Crippen MR) is 81.7 cm³/mol. The number of ether oxygens (including phenoxy) is 2. The number of hydrogen-bond acceptors (Lipinski definition) is 5. The Balaban J connectivity index is 0.00000400. The molecule has 0 radical (unpaired) electrons. The van der Waals surface area contributed by atoms with Crippen LogP contribution < -0.4 is 4.74 Å². The Bertz CT molecular complexity index is 511. The molecule has 0 saturated carbocycles. The highest BCUT2D eigenvalue weighted by atomic mass is 16.5. The van der Waals surface area contributed by atoms with Crippen molar-refractivity contribution in [2.75, 3.05) is 13.7 Å². The van der Waals surface area contributed by atoms with Crippen LogP contribution >= 0.6 is 0 Å². The Hall–Kier alpha value is -2.21. The average molecular weight is 295 g/mol. The van der Waals surface area contributed by atoms with Crippen LogP contribution in [0.25, 0.3) is 6.08 Å². The van der Waals surface area contributed by atoms with Crippen molar-refractivity contribution in [3.8, 4) is 5.75 Å². The smallest absolute Gasteiger partial charge is 0.330 e. The summed E-state index contributed by atoms with van der Waals surface area (Å²) in [4.78, 5) is 22.0. The van der Waals surface area contributed by atoms with Gasteiger partial charge in [-0.2, -0.15) is 0 Å². The van der Waals surface area contributed by atoms with Crippen molar-refractivity contribution in [2.45, 2.75) is 26.7 Å². The van der Waals surface area contributed by atoms with Crippen LogP contribution in [0.5, 0.6) is 5.75 Å². The van der Waals surface area contributed by atoms with Crippen molar-refractivity contribution in [2.24, 2.45) is 5.18 Å². The number of nitrogens with zero attached hydrogens (tertiary/aromatic N) is 1. The fraction of sp³-hybridized carbons (Fsp3) is 0.400. The normalized spacial score (nSPS) is 10.0. The number of hydrogen-bond donors (Lipinski definition) is 0. The summed E-state index contributed by atoms with van der Waals surface area (Å²) in [6.45, 7) is 4.60. The van der Waals surface area contributed by atoms with Gasteiger partial charge in [-0.15, -0.1) is 4.91 Å². The van der Waals surface area contributed by atoms with Gasteiger partial charge >= 0.3 is 5.97 Å². The molecule has 0 amide bonds. The Morgan fingerprint density at radius 3 is 2.57 bits per heavy atom. The maximum Gasteiger partial charge on any atom is 0.330 e. The Kier molecular flexibility index (Phi) is 8.64. The molecule has 0 aliphatic heterocycles. The number of carbonyl (C=O) groups is 1. The van der Waals surface area contributed by atoms with E-state index < -0.39 is 5.97 Å². The summed E-state index contributed by atoms with van der Waals surface area (Å²) in [5.74, 6) is 0.226. The zero-order valence-electron chi connectivity index (χ0n) is 12.5. The molecular formula is C15H21NO5. The van der Waals surface area contributed by atoms with Gasteiger partial charge in [0.05, 0.1) is 13.7 Å². The fourth-order valence-electron chi connectivity index (χ4n) is 1.69. The van der Waals surface area contributed by atoms with Gasteiger partial charge < -0.3 is 14.9 Å². The summed E-state index contributed by atoms with van der Waals surface area (Å²) in [6, 6.07) is 3.42. The van der Waals surface area contributed by atoms with E-state index in [1.165, 1.54) is 19.3 Å². The third-order valence-electron chi connectivity index (χ3n) is 2.75. The van der Waals surface area contributed by atoms with Gasteiger partial charge in [0.1, 0.15) is 11.4 Å². The number of benzene rings is 1. The van der Waals surface area contributed by atoms with E-state index in [1.54, 1.807) is 12.1 Å². The first-order valence-corrected chi connectivity index (χ1v) is 6.55. The second kappa shape index (κ2) is 9.66. The molecule has 0 saturated heterocycles. The molecule has 116 valence electrons. The van der Waals surface area contributed by atoms with Crippen molar-refractivity contribution < 1.29 is 19.7 Å². The van der Waals surface area contributed by atoms with Crippen LogP contribution in [0.3, 0.4) is 0 Å². The molecule has 0 aromatic heterocycles. The average Bonchev–Trinajstić information content (AvgIpc) is 2.49. The van der Waals surface area contributed by atoms with Gasteiger partial charge in [0.25, 0.3) is 0 Å². The molecule has 0 fully saturated rings. The van der Waals surface area contributed by atoms with Crippen molar-refractivity contribution in [3.63, 3.8) is 0 Å². The summed E-state index contributed by atoms with van der Waals surface area (Å²) in [5, 5.41) is 3.00. The molecule has 1 rings (SSSR count). The predicted octanol–water partition coefficient (Wildman–Crippen LogP) is 2.80. The molecule has 0 aliphatic carbocycles. The third kappa shape index (κ3) is 5.35. The van der Waals surface area contributed by atoms with Crippen LogP contribution in [0.4, 0.5) is 5.69 Å². The first kappa shape index (κ1) is 18.8. The summed E-state index contributed by atoms with van der Waals surface area (Å²) < 4.78 is 10.2. The van der Waals surface area contributed by atoms with Gasteiger partial charge in [0, 0.05) is 11.6 Å². The summed E-state index contributed by atoms with van der Waals surface area (Å²) in [6.07, 6.45) is 4.38. The highest BCUT2D eigenvalue weighted by molar-refractivity contribution is 5.88. The largest absolute Gasteiger partial charge is 0.493 e. The number of nitroso groups, excluding NO2 is 1. The van der Waals surface area contributed by atoms with Crippen LogP contribution in [0.15, 0.2) is 23.4 Å². The van der Waals surface area contributed by atoms with E-state index in [0.29, 0.717) is 17.9 Å². The lowest BCUT2D eigenvalue weighted by Gasteiger charge is -2.11. The highest BCUT2D eigenvalue weighted by Gasteiger charge is 2.09. The number of carbonyl (C=O) groups excluding carboxylic acids is 1. The van der Waals surface area contributed by atoms with E-state index >= 15 is 0 Å². The van der Waals surface area contributed by atoms with Crippen LogP contribution in [0.2, 0.25) is 0 Å². The van der Waals surface area contributed by atoms with Crippen LogP contribution in [-0.2, 0) is 16.0 Å². The summed E-state index contributed by atoms with van der Waals surface area (Å²) in [5.41, 5.74) is 1.74. The highest BCUT2D eigenvalue weighted by Crippen LogP contribution is 2.30. The van der Waals surface area contributed by atoms with Crippen LogP contribution in [0, 0.1) is 4.91 Å². The van der Waals surface area contributed by atoms with Crippen LogP contribution in [0.1, 0.15) is 31.4 Å². The Labute approximate surface area is 124 Å². The lowest BCUT2D eigenvalue weighted by molar-refractivity contribution is -0.134. The maximum atomic E-state index is 11.1. The lowest BCUT2D eigenvalue weighted by atomic mass is 10.1. The van der Waals surface area contributed by atoms with E-state index in [9.17, 15) is 9.70 Å². The Morgan fingerprint density at radius 1 is 1.33 bits per heavy atom. The minimum atomic E-state index is -0.488. The Morgan fingerprint density at radius 2 is 2.05 bits per heavy atom. The van der Waals surface area contributed by atoms with Gasteiger partial charge in [-0.05, 0) is 41.8 Å². The maximum absolute atomic E-state index is 11.1. The fourth-order valence-corrected chi connectivity index (χ4v) is 1.69. The van der Waals surface area contributed by atoms with Crippen molar-refractivity contribution in [3.05, 3.63) is 34.2 Å². The minimum Gasteiger partial charge on any atom is -0.493 e. The molecule has 6 heteroatoms. The number of esters is 1. The topological polar surface area (TPSA) is 96.5 Å². The number of rotatable bonds is 7. The SMILES string of the molecule is CCCOc1cc(/C=C/C(=O)OC)c(N=O)cc1CC.O. The molecule has 0 heterocycles. The summed E-state index contributed by atoms with van der Waals surface area (Å²) >= 11 is 0. The molecule has 0 spiro atoms. The van der Waals surface area contributed by atoms with Gasteiger partial charge in [-0.1, -0.05) is 13.8 Å². The quantitative estimate of drug-likeness (QED) is 0.439. The second-order valence-corrected chi connectivity index (χ2v) is 4.17. The van der Waals surface area contributed by atoms with E-state index in [-0.39, 0.29) is 11.2 Å². The van der Waals surface area contributed by atoms with E-state index in [2.05, 4.69) is 9.91 Å². The molecule has 0 aliphatic rings. The van der Waals surface area contributed by atoms with Gasteiger partial charge in [0.2, 0.25) is 0 Å². The van der Waals surface area contributed by atoms with Crippen LogP contribution in [-0.4, -0.2) is 25.2 Å². The lowest BCUT2D eigenvalue weighted by Crippen LogP contribution is -1.99. The monoisotopic (exact) mass is 295 g/mol. The van der Waals surface area contributed by atoms with E-state index in [0.717, 1.165) is 18.4 Å². The third-order valence-corrected chi connectivity index (χ3v) is 2.75.